The Morgan fingerprint density at radius 3 is 2.89 bits per heavy atom. The number of aliphatic hydroxyl groups excluding tert-OH is 1. The second-order valence-electron chi connectivity index (χ2n) is 4.20. The van der Waals surface area contributed by atoms with Gasteiger partial charge in [0.2, 0.25) is 5.91 Å². The number of carbonyl (C=O) groups excluding carboxylic acids is 1. The van der Waals surface area contributed by atoms with Crippen LogP contribution in [0.2, 0.25) is 10.0 Å². The first-order valence-corrected chi connectivity index (χ1v) is 7.75. The van der Waals surface area contributed by atoms with E-state index in [1.54, 1.807) is 18.2 Å². The number of thioether (sulfide) groups is 1. The Labute approximate surface area is 127 Å². The van der Waals surface area contributed by atoms with Crippen molar-refractivity contribution in [1.82, 2.24) is 5.32 Å². The summed E-state index contributed by atoms with van der Waals surface area (Å²) in [6.07, 6.45) is 1.46. The zero-order chi connectivity index (χ0) is 14.3. The van der Waals surface area contributed by atoms with Crippen LogP contribution in [0, 0.1) is 0 Å². The maximum atomic E-state index is 11.7. The molecule has 0 bridgehead atoms. The van der Waals surface area contributed by atoms with E-state index in [-0.39, 0.29) is 18.6 Å². The molecule has 1 rings (SSSR count). The van der Waals surface area contributed by atoms with Crippen LogP contribution in [0.5, 0.6) is 0 Å². The number of amides is 1. The van der Waals surface area contributed by atoms with Gasteiger partial charge in [-0.3, -0.25) is 4.79 Å². The smallest absolute Gasteiger partial charge is 0.230 e. The second-order valence-corrected chi connectivity index (χ2v) is 6.06. The van der Waals surface area contributed by atoms with Crippen molar-refractivity contribution in [1.29, 1.82) is 0 Å². The Morgan fingerprint density at radius 1 is 1.47 bits per heavy atom. The molecule has 0 aliphatic carbocycles. The van der Waals surface area contributed by atoms with Gasteiger partial charge in [-0.05, 0) is 38.0 Å². The van der Waals surface area contributed by atoms with E-state index in [1.807, 2.05) is 6.92 Å². The molecule has 3 nitrogen and oxygen atoms in total. The Balaban J connectivity index is 2.39. The highest BCUT2D eigenvalue weighted by molar-refractivity contribution is 8.00. The van der Waals surface area contributed by atoms with Gasteiger partial charge in [0.05, 0.1) is 10.8 Å². The predicted molar refractivity (Wildman–Crippen MR) is 81.1 cm³/mol. The molecule has 106 valence electrons. The number of nitrogens with one attached hydrogen (secondary N) is 1. The number of carbonyl (C=O) groups is 1. The Bertz CT molecular complexity index is 429. The van der Waals surface area contributed by atoms with Gasteiger partial charge >= 0.3 is 0 Å². The molecule has 0 saturated carbocycles. The summed E-state index contributed by atoms with van der Waals surface area (Å²) in [6.45, 7) is 2.07. The number of aliphatic hydroxyl groups is 1. The van der Waals surface area contributed by atoms with E-state index in [9.17, 15) is 4.79 Å². The maximum absolute atomic E-state index is 11.7. The molecule has 1 aromatic carbocycles. The molecular formula is C13H17Cl2NO2S. The summed E-state index contributed by atoms with van der Waals surface area (Å²) in [5, 5.41) is 12.8. The lowest BCUT2D eigenvalue weighted by molar-refractivity contribution is -0.119. The zero-order valence-electron chi connectivity index (χ0n) is 10.7. The largest absolute Gasteiger partial charge is 0.396 e. The van der Waals surface area contributed by atoms with Crippen LogP contribution < -0.4 is 5.32 Å². The molecule has 1 amide bonds. The van der Waals surface area contributed by atoms with Crippen LogP contribution >= 0.6 is 35.0 Å². The highest BCUT2D eigenvalue weighted by Crippen LogP contribution is 2.29. The topological polar surface area (TPSA) is 49.3 Å². The van der Waals surface area contributed by atoms with E-state index in [1.165, 1.54) is 11.8 Å². The number of hydrogen-bond acceptors (Lipinski definition) is 3. The first-order chi connectivity index (χ1) is 9.02. The minimum Gasteiger partial charge on any atom is -0.396 e. The van der Waals surface area contributed by atoms with Crippen molar-refractivity contribution in [3.05, 3.63) is 28.2 Å². The summed E-state index contributed by atoms with van der Waals surface area (Å²) in [5.74, 6) is 0.246. The summed E-state index contributed by atoms with van der Waals surface area (Å²) < 4.78 is 0. The summed E-state index contributed by atoms with van der Waals surface area (Å²) in [6, 6.07) is 5.24. The molecule has 0 aromatic heterocycles. The van der Waals surface area contributed by atoms with E-state index in [0.717, 1.165) is 11.3 Å². The number of hydrogen-bond donors (Lipinski definition) is 2. The van der Waals surface area contributed by atoms with Crippen LogP contribution in [-0.4, -0.2) is 29.4 Å². The fourth-order valence-corrected chi connectivity index (χ4v) is 2.82. The lowest BCUT2D eigenvalue weighted by Crippen LogP contribution is -2.33. The van der Waals surface area contributed by atoms with E-state index in [2.05, 4.69) is 5.32 Å². The van der Waals surface area contributed by atoms with Crippen LogP contribution in [0.15, 0.2) is 23.1 Å². The van der Waals surface area contributed by atoms with Crippen molar-refractivity contribution in [2.75, 3.05) is 12.4 Å². The molecule has 0 fully saturated rings. The molecule has 0 aliphatic heterocycles. The first kappa shape index (κ1) is 16.6. The maximum Gasteiger partial charge on any atom is 0.230 e. The lowest BCUT2D eigenvalue weighted by atomic mass is 10.2. The quantitative estimate of drug-likeness (QED) is 0.757. The van der Waals surface area contributed by atoms with Gasteiger partial charge in [-0.1, -0.05) is 23.2 Å². The third-order valence-electron chi connectivity index (χ3n) is 2.45. The van der Waals surface area contributed by atoms with Crippen molar-refractivity contribution in [2.45, 2.75) is 30.7 Å². The highest BCUT2D eigenvalue weighted by Gasteiger charge is 2.09. The van der Waals surface area contributed by atoms with Gasteiger partial charge in [-0.2, -0.15) is 0 Å². The number of benzene rings is 1. The van der Waals surface area contributed by atoms with Crippen molar-refractivity contribution < 1.29 is 9.90 Å². The molecule has 0 radical (unpaired) electrons. The zero-order valence-corrected chi connectivity index (χ0v) is 13.0. The number of halogens is 2. The van der Waals surface area contributed by atoms with Gasteiger partial charge < -0.3 is 10.4 Å². The Hall–Kier alpha value is -0.420. The molecule has 19 heavy (non-hydrogen) atoms. The minimum atomic E-state index is -0.0496. The van der Waals surface area contributed by atoms with Crippen LogP contribution in [0.4, 0.5) is 0 Å². The summed E-state index contributed by atoms with van der Waals surface area (Å²) in [4.78, 5) is 12.5. The van der Waals surface area contributed by atoms with Crippen molar-refractivity contribution in [3.8, 4) is 0 Å². The molecule has 1 aromatic rings. The van der Waals surface area contributed by atoms with Crippen LogP contribution in [0.1, 0.15) is 19.8 Å². The monoisotopic (exact) mass is 321 g/mol. The molecule has 6 heteroatoms. The molecule has 1 atom stereocenters. The van der Waals surface area contributed by atoms with Crippen LogP contribution in [0.3, 0.4) is 0 Å². The van der Waals surface area contributed by atoms with Gasteiger partial charge in [0, 0.05) is 22.6 Å². The Kier molecular flexibility index (Phi) is 7.61. The lowest BCUT2D eigenvalue weighted by Gasteiger charge is -2.13. The summed E-state index contributed by atoms with van der Waals surface area (Å²) in [5.41, 5.74) is 0. The standard InChI is InChI=1S/C13H17Cl2NO2S/c1-9(3-2-6-17)16-13(18)8-19-12-7-10(14)4-5-11(12)15/h4-5,7,9,17H,2-3,6,8H2,1H3,(H,16,18). The average Bonchev–Trinajstić information content (AvgIpc) is 2.37. The normalized spacial score (nSPS) is 12.2. The van der Waals surface area contributed by atoms with Gasteiger partial charge in [-0.25, -0.2) is 0 Å². The molecule has 1 unspecified atom stereocenters. The SMILES string of the molecule is CC(CCCO)NC(=O)CSc1cc(Cl)ccc1Cl. The number of rotatable bonds is 7. The van der Waals surface area contributed by atoms with E-state index in [0.29, 0.717) is 22.2 Å². The molecule has 0 spiro atoms. The van der Waals surface area contributed by atoms with Crippen LogP contribution in [0.25, 0.3) is 0 Å². The first-order valence-electron chi connectivity index (χ1n) is 6.01. The second kappa shape index (κ2) is 8.69. The third kappa shape index (κ3) is 6.52. The van der Waals surface area contributed by atoms with Crippen molar-refractivity contribution in [2.24, 2.45) is 0 Å². The Morgan fingerprint density at radius 2 is 2.21 bits per heavy atom. The van der Waals surface area contributed by atoms with Gasteiger partial charge in [0.15, 0.2) is 0 Å². The highest BCUT2D eigenvalue weighted by atomic mass is 35.5. The molecular weight excluding hydrogens is 305 g/mol. The fourth-order valence-electron chi connectivity index (χ4n) is 1.52. The third-order valence-corrected chi connectivity index (χ3v) is 4.19. The van der Waals surface area contributed by atoms with Crippen molar-refractivity contribution >= 4 is 40.9 Å². The fraction of sp³-hybridized carbons (Fsp3) is 0.462. The van der Waals surface area contributed by atoms with Crippen molar-refractivity contribution in [3.63, 3.8) is 0 Å². The van der Waals surface area contributed by atoms with Gasteiger partial charge in [0.25, 0.3) is 0 Å². The summed E-state index contributed by atoms with van der Waals surface area (Å²) >= 11 is 13.2. The molecule has 0 saturated heterocycles. The van der Waals surface area contributed by atoms with E-state index in [4.69, 9.17) is 28.3 Å². The molecule has 0 aliphatic rings. The van der Waals surface area contributed by atoms with Gasteiger partial charge in [-0.15, -0.1) is 11.8 Å². The van der Waals surface area contributed by atoms with Gasteiger partial charge in [0.1, 0.15) is 0 Å². The van der Waals surface area contributed by atoms with Crippen LogP contribution in [-0.2, 0) is 4.79 Å². The average molecular weight is 322 g/mol. The molecule has 0 heterocycles. The molecule has 2 N–H and O–H groups in total. The predicted octanol–water partition coefficient (Wildman–Crippen LogP) is 3.36. The van der Waals surface area contributed by atoms with E-state index >= 15 is 0 Å². The minimum absolute atomic E-state index is 0.0496. The summed E-state index contributed by atoms with van der Waals surface area (Å²) in [7, 11) is 0. The van der Waals surface area contributed by atoms with E-state index < -0.39 is 0 Å².